The number of benzene rings is 2. The third-order valence-corrected chi connectivity index (χ3v) is 5.20. The van der Waals surface area contributed by atoms with Gasteiger partial charge in [-0.1, -0.05) is 42.3 Å². The topological polar surface area (TPSA) is 75.4 Å². The van der Waals surface area contributed by atoms with Crippen molar-refractivity contribution in [1.29, 1.82) is 0 Å². The predicted octanol–water partition coefficient (Wildman–Crippen LogP) is 3.75. The Morgan fingerprint density at radius 1 is 1.15 bits per heavy atom. The fourth-order valence-electron chi connectivity index (χ4n) is 3.12. The first kappa shape index (κ1) is 19.7. The maximum absolute atomic E-state index is 12.8. The molecule has 0 saturated heterocycles. The highest BCUT2D eigenvalue weighted by Gasteiger charge is 2.28. The van der Waals surface area contributed by atoms with Crippen LogP contribution in [0, 0.1) is 0 Å². The largest absolute Gasteiger partial charge is 0.333 e. The Hall–Kier alpha value is -2.08. The monoisotopic (exact) mass is 405 g/mol. The number of hydrogen-bond acceptors (Lipinski definition) is 3. The van der Waals surface area contributed by atoms with E-state index in [1.165, 1.54) is 0 Å². The number of fused-ring (bicyclic) bond motifs is 1. The van der Waals surface area contributed by atoms with Gasteiger partial charge in [-0.2, -0.15) is 0 Å². The summed E-state index contributed by atoms with van der Waals surface area (Å²) in [5, 5.41) is 3.89. The van der Waals surface area contributed by atoms with Gasteiger partial charge >= 0.3 is 0 Å². The summed E-state index contributed by atoms with van der Waals surface area (Å²) in [5.74, 6) is -0.167. The van der Waals surface area contributed by atoms with Gasteiger partial charge in [-0.05, 0) is 47.4 Å². The molecule has 1 atom stereocenters. The van der Waals surface area contributed by atoms with Crippen molar-refractivity contribution in [2.24, 2.45) is 5.73 Å². The van der Waals surface area contributed by atoms with Crippen molar-refractivity contribution in [1.82, 2.24) is 4.90 Å². The highest BCUT2D eigenvalue weighted by Crippen LogP contribution is 2.27. The maximum atomic E-state index is 12.8. The first-order valence-corrected chi connectivity index (χ1v) is 9.53. The maximum Gasteiger partial charge on any atom is 0.240 e. The van der Waals surface area contributed by atoms with Crippen LogP contribution < -0.4 is 11.1 Å². The number of nitrogens with zero attached hydrogens (tertiary/aromatic N) is 1. The second kappa shape index (κ2) is 8.30. The van der Waals surface area contributed by atoms with E-state index in [-0.39, 0.29) is 11.8 Å². The van der Waals surface area contributed by atoms with Gasteiger partial charge in [-0.3, -0.25) is 9.59 Å². The van der Waals surface area contributed by atoms with E-state index in [0.29, 0.717) is 36.0 Å². The minimum Gasteiger partial charge on any atom is -0.333 e. The lowest BCUT2D eigenvalue weighted by Gasteiger charge is -2.20. The van der Waals surface area contributed by atoms with Crippen LogP contribution in [0.15, 0.2) is 36.4 Å². The van der Waals surface area contributed by atoms with E-state index in [2.05, 4.69) is 5.32 Å². The molecule has 142 valence electrons. The van der Waals surface area contributed by atoms with E-state index in [9.17, 15) is 9.59 Å². The van der Waals surface area contributed by atoms with Crippen LogP contribution in [0.4, 0.5) is 5.69 Å². The number of amides is 2. The second-order valence-electron chi connectivity index (χ2n) is 6.63. The number of rotatable bonds is 5. The van der Waals surface area contributed by atoms with Crippen molar-refractivity contribution in [3.8, 4) is 0 Å². The number of anilines is 1. The molecular weight excluding hydrogens is 385 g/mol. The first-order valence-electron chi connectivity index (χ1n) is 8.77. The Labute approximate surface area is 168 Å². The van der Waals surface area contributed by atoms with Crippen LogP contribution in [0.2, 0.25) is 10.0 Å². The van der Waals surface area contributed by atoms with Crippen molar-refractivity contribution in [2.75, 3.05) is 5.32 Å². The summed E-state index contributed by atoms with van der Waals surface area (Å²) >= 11 is 12.1. The van der Waals surface area contributed by atoms with Gasteiger partial charge in [0.05, 0.1) is 6.04 Å². The van der Waals surface area contributed by atoms with Crippen molar-refractivity contribution in [2.45, 2.75) is 38.9 Å². The zero-order valence-electron chi connectivity index (χ0n) is 15.0. The zero-order chi connectivity index (χ0) is 19.6. The molecule has 0 aromatic heterocycles. The molecule has 1 aliphatic rings. The van der Waals surface area contributed by atoms with E-state index in [4.69, 9.17) is 28.9 Å². The Bertz CT molecular complexity index is 886. The van der Waals surface area contributed by atoms with Crippen LogP contribution in [-0.4, -0.2) is 22.8 Å². The zero-order valence-corrected chi connectivity index (χ0v) is 16.5. The van der Waals surface area contributed by atoms with E-state index in [1.807, 2.05) is 18.2 Å². The van der Waals surface area contributed by atoms with Gasteiger partial charge in [-0.25, -0.2) is 0 Å². The Morgan fingerprint density at radius 2 is 1.89 bits per heavy atom. The Kier molecular flexibility index (Phi) is 6.05. The van der Waals surface area contributed by atoms with Gasteiger partial charge < -0.3 is 16.0 Å². The average molecular weight is 406 g/mol. The summed E-state index contributed by atoms with van der Waals surface area (Å²) in [6.45, 7) is 2.79. The molecule has 1 unspecified atom stereocenters. The number of nitrogens with two attached hydrogens (primary N) is 1. The molecule has 0 radical (unpaired) electrons. The lowest BCUT2D eigenvalue weighted by molar-refractivity contribution is -0.133. The van der Waals surface area contributed by atoms with E-state index < -0.39 is 6.04 Å². The first-order chi connectivity index (χ1) is 12.9. The van der Waals surface area contributed by atoms with E-state index in [1.54, 1.807) is 30.0 Å². The third-order valence-electron chi connectivity index (χ3n) is 4.62. The summed E-state index contributed by atoms with van der Waals surface area (Å²) in [5.41, 5.74) is 9.77. The van der Waals surface area contributed by atoms with Gasteiger partial charge in [0.2, 0.25) is 11.8 Å². The Morgan fingerprint density at radius 3 is 2.59 bits per heavy atom. The van der Waals surface area contributed by atoms with Gasteiger partial charge in [0.25, 0.3) is 0 Å². The summed E-state index contributed by atoms with van der Waals surface area (Å²) in [7, 11) is 0. The summed E-state index contributed by atoms with van der Waals surface area (Å²) < 4.78 is 0. The number of hydrogen-bond donors (Lipinski definition) is 2. The van der Waals surface area contributed by atoms with Gasteiger partial charge in [0.1, 0.15) is 0 Å². The molecule has 2 aromatic carbocycles. The highest BCUT2D eigenvalue weighted by atomic mass is 35.5. The number of halogens is 2. The normalized spacial score (nSPS) is 14.0. The SMILES string of the molecule is CCC(=O)Nc1ccc2c(c1)CN(C(=O)C(N)Cc1ccc(Cl)cc1Cl)C2. The van der Waals surface area contributed by atoms with E-state index in [0.717, 1.165) is 22.4 Å². The molecule has 5 nitrogen and oxygen atoms in total. The molecule has 1 heterocycles. The molecule has 0 saturated carbocycles. The van der Waals surface area contributed by atoms with Gasteiger partial charge in [0, 0.05) is 35.2 Å². The van der Waals surface area contributed by atoms with Gasteiger partial charge in [0.15, 0.2) is 0 Å². The third kappa shape index (κ3) is 4.61. The van der Waals surface area contributed by atoms with Gasteiger partial charge in [-0.15, -0.1) is 0 Å². The number of carbonyl (C=O) groups is 2. The Balaban J connectivity index is 1.66. The molecule has 27 heavy (non-hydrogen) atoms. The molecule has 0 spiro atoms. The molecule has 1 aliphatic heterocycles. The molecule has 0 aliphatic carbocycles. The molecule has 3 N–H and O–H groups in total. The molecule has 3 rings (SSSR count). The second-order valence-corrected chi connectivity index (χ2v) is 7.47. The fraction of sp³-hybridized carbons (Fsp3) is 0.300. The lowest BCUT2D eigenvalue weighted by atomic mass is 10.1. The molecule has 2 amide bonds. The molecular formula is C20H21Cl2N3O2. The summed E-state index contributed by atoms with van der Waals surface area (Å²) in [6, 6.07) is 10.2. The molecule has 0 bridgehead atoms. The minimum absolute atomic E-state index is 0.0391. The van der Waals surface area contributed by atoms with Crippen molar-refractivity contribution < 1.29 is 9.59 Å². The smallest absolute Gasteiger partial charge is 0.240 e. The number of carbonyl (C=O) groups excluding carboxylic acids is 2. The summed E-state index contributed by atoms with van der Waals surface area (Å²) in [6.07, 6.45) is 0.767. The van der Waals surface area contributed by atoms with Crippen molar-refractivity contribution >= 4 is 40.7 Å². The summed E-state index contributed by atoms with van der Waals surface area (Å²) in [4.78, 5) is 26.0. The minimum atomic E-state index is -0.683. The van der Waals surface area contributed by atoms with Crippen LogP contribution in [-0.2, 0) is 29.1 Å². The van der Waals surface area contributed by atoms with Crippen LogP contribution in [0.5, 0.6) is 0 Å². The standard InChI is InChI=1S/C20H21Cl2N3O2/c1-2-19(26)24-16-6-4-13-10-25(11-14(13)7-16)20(27)18(23)8-12-3-5-15(21)9-17(12)22/h3-7,9,18H,2,8,10-11,23H2,1H3,(H,24,26). The predicted molar refractivity (Wildman–Crippen MR) is 108 cm³/mol. The van der Waals surface area contributed by atoms with Crippen LogP contribution >= 0.6 is 23.2 Å². The van der Waals surface area contributed by atoms with E-state index >= 15 is 0 Å². The fourth-order valence-corrected chi connectivity index (χ4v) is 3.61. The number of nitrogens with one attached hydrogen (secondary N) is 1. The molecule has 2 aromatic rings. The molecule has 7 heteroatoms. The average Bonchev–Trinajstić information content (AvgIpc) is 3.06. The van der Waals surface area contributed by atoms with Crippen LogP contribution in [0.25, 0.3) is 0 Å². The highest BCUT2D eigenvalue weighted by molar-refractivity contribution is 6.35. The quantitative estimate of drug-likeness (QED) is 0.794. The van der Waals surface area contributed by atoms with Crippen molar-refractivity contribution in [3.63, 3.8) is 0 Å². The van der Waals surface area contributed by atoms with Crippen LogP contribution in [0.1, 0.15) is 30.0 Å². The molecule has 0 fully saturated rings. The van der Waals surface area contributed by atoms with Crippen LogP contribution in [0.3, 0.4) is 0 Å². The van der Waals surface area contributed by atoms with Crippen molar-refractivity contribution in [3.05, 3.63) is 63.1 Å². The lowest BCUT2D eigenvalue weighted by Crippen LogP contribution is -2.42.